The maximum absolute atomic E-state index is 12.0. The summed E-state index contributed by atoms with van der Waals surface area (Å²) in [6, 6.07) is 0.0848. The Morgan fingerprint density at radius 1 is 1.32 bits per heavy atom. The molecule has 110 valence electrons. The summed E-state index contributed by atoms with van der Waals surface area (Å²) in [5.74, 6) is -0.442. The van der Waals surface area contributed by atoms with Crippen LogP contribution in [0.4, 0.5) is 4.79 Å². The lowest BCUT2D eigenvalue weighted by atomic mass is 9.86. The van der Waals surface area contributed by atoms with Crippen molar-refractivity contribution in [1.29, 1.82) is 0 Å². The molecule has 2 N–H and O–H groups in total. The van der Waals surface area contributed by atoms with Crippen molar-refractivity contribution >= 4 is 12.0 Å². The molecule has 1 atom stereocenters. The first-order valence-corrected chi connectivity index (χ1v) is 7.18. The van der Waals surface area contributed by atoms with Crippen LogP contribution in [0.1, 0.15) is 46.0 Å². The van der Waals surface area contributed by atoms with Gasteiger partial charge in [-0.1, -0.05) is 20.3 Å². The highest BCUT2D eigenvalue weighted by molar-refractivity contribution is 5.74. The molecule has 0 aromatic heterocycles. The highest BCUT2D eigenvalue weighted by atomic mass is 16.4. The number of aliphatic carboxylic acids is 1. The number of nitrogens with zero attached hydrogens (tertiary/aromatic N) is 1. The lowest BCUT2D eigenvalue weighted by Crippen LogP contribution is -2.46. The molecule has 19 heavy (non-hydrogen) atoms. The Hall–Kier alpha value is -1.26. The first kappa shape index (κ1) is 15.8. The highest BCUT2D eigenvalue weighted by Gasteiger charge is 2.27. The molecule has 0 saturated heterocycles. The molecule has 1 unspecified atom stereocenters. The van der Waals surface area contributed by atoms with Crippen LogP contribution in [0.3, 0.4) is 0 Å². The number of hydrogen-bond donors (Lipinski definition) is 2. The van der Waals surface area contributed by atoms with Gasteiger partial charge >= 0.3 is 12.0 Å². The van der Waals surface area contributed by atoms with Crippen LogP contribution < -0.4 is 5.32 Å². The molecule has 0 aromatic rings. The molecule has 0 aromatic carbocycles. The zero-order valence-corrected chi connectivity index (χ0v) is 12.2. The molecule has 0 spiro atoms. The Labute approximate surface area is 115 Å². The summed E-state index contributed by atoms with van der Waals surface area (Å²) in [5.41, 5.74) is 0. The van der Waals surface area contributed by atoms with E-state index in [0.29, 0.717) is 18.8 Å². The summed E-state index contributed by atoms with van der Waals surface area (Å²) in [5, 5.41) is 11.9. The number of rotatable bonds is 5. The van der Waals surface area contributed by atoms with Crippen LogP contribution in [0, 0.1) is 11.8 Å². The van der Waals surface area contributed by atoms with Gasteiger partial charge in [0.2, 0.25) is 0 Å². The van der Waals surface area contributed by atoms with Crippen molar-refractivity contribution in [3.8, 4) is 0 Å². The van der Waals surface area contributed by atoms with Gasteiger partial charge in [0, 0.05) is 19.6 Å². The molecule has 0 aliphatic heterocycles. The number of carboxylic acids is 1. The molecule has 0 radical (unpaired) electrons. The summed E-state index contributed by atoms with van der Waals surface area (Å²) >= 11 is 0. The smallest absolute Gasteiger partial charge is 0.317 e. The second-order valence-corrected chi connectivity index (χ2v) is 5.73. The minimum Gasteiger partial charge on any atom is -0.481 e. The van der Waals surface area contributed by atoms with Crippen LogP contribution in [-0.4, -0.2) is 41.6 Å². The van der Waals surface area contributed by atoms with Crippen molar-refractivity contribution in [2.45, 2.75) is 52.0 Å². The van der Waals surface area contributed by atoms with Crippen molar-refractivity contribution in [2.24, 2.45) is 11.8 Å². The van der Waals surface area contributed by atoms with E-state index in [1.54, 1.807) is 4.90 Å². The summed E-state index contributed by atoms with van der Waals surface area (Å²) in [6.07, 6.45) is 3.91. The molecular weight excluding hydrogens is 244 g/mol. The van der Waals surface area contributed by atoms with Crippen LogP contribution in [-0.2, 0) is 4.79 Å². The molecule has 0 bridgehead atoms. The van der Waals surface area contributed by atoms with Gasteiger partial charge in [0.1, 0.15) is 0 Å². The molecule has 1 aliphatic rings. The van der Waals surface area contributed by atoms with E-state index in [0.717, 1.165) is 25.8 Å². The zero-order chi connectivity index (χ0) is 14.4. The predicted molar refractivity (Wildman–Crippen MR) is 74.0 cm³/mol. The Morgan fingerprint density at radius 3 is 2.37 bits per heavy atom. The molecule has 1 rings (SSSR count). The fourth-order valence-corrected chi connectivity index (χ4v) is 2.45. The molecule has 2 amide bonds. The minimum atomic E-state index is -0.710. The highest BCUT2D eigenvalue weighted by Crippen LogP contribution is 2.24. The summed E-state index contributed by atoms with van der Waals surface area (Å²) < 4.78 is 0. The van der Waals surface area contributed by atoms with Crippen molar-refractivity contribution in [3.05, 3.63) is 0 Å². The van der Waals surface area contributed by atoms with Crippen molar-refractivity contribution in [1.82, 2.24) is 10.2 Å². The van der Waals surface area contributed by atoms with Crippen LogP contribution >= 0.6 is 0 Å². The third kappa shape index (κ3) is 5.09. The van der Waals surface area contributed by atoms with Crippen molar-refractivity contribution in [2.75, 3.05) is 13.6 Å². The lowest BCUT2D eigenvalue weighted by molar-refractivity contribution is -0.142. The van der Waals surface area contributed by atoms with E-state index in [4.69, 9.17) is 5.11 Å². The molecular formula is C14H26N2O3. The van der Waals surface area contributed by atoms with Gasteiger partial charge in [0.15, 0.2) is 0 Å². The SMILES string of the molecule is CCC(C)CN(C)C(=O)NC1CCC(C(=O)O)CC1. The van der Waals surface area contributed by atoms with Gasteiger partial charge in [-0.05, 0) is 31.6 Å². The van der Waals surface area contributed by atoms with Crippen LogP contribution in [0.2, 0.25) is 0 Å². The first-order chi connectivity index (χ1) is 8.93. The van der Waals surface area contributed by atoms with Crippen LogP contribution in [0.25, 0.3) is 0 Å². The van der Waals surface area contributed by atoms with E-state index in [-0.39, 0.29) is 18.0 Å². The standard InChI is InChI=1S/C14H26N2O3/c1-4-10(2)9-16(3)14(19)15-12-7-5-11(6-8-12)13(17)18/h10-12H,4-9H2,1-3H3,(H,15,19)(H,17,18). The number of carbonyl (C=O) groups excluding carboxylic acids is 1. The number of amides is 2. The van der Waals surface area contributed by atoms with Gasteiger partial charge in [0.25, 0.3) is 0 Å². The monoisotopic (exact) mass is 270 g/mol. The molecule has 1 saturated carbocycles. The summed E-state index contributed by atoms with van der Waals surface area (Å²) in [6.45, 7) is 5.00. The quantitative estimate of drug-likeness (QED) is 0.805. The van der Waals surface area contributed by atoms with Gasteiger partial charge in [-0.2, -0.15) is 0 Å². The first-order valence-electron chi connectivity index (χ1n) is 7.18. The van der Waals surface area contributed by atoms with Crippen molar-refractivity contribution < 1.29 is 14.7 Å². The number of carboxylic acid groups (broad SMARTS) is 1. The number of hydrogen-bond acceptors (Lipinski definition) is 2. The topological polar surface area (TPSA) is 69.6 Å². The fourth-order valence-electron chi connectivity index (χ4n) is 2.45. The van der Waals surface area contributed by atoms with Gasteiger partial charge in [-0.15, -0.1) is 0 Å². The molecule has 5 nitrogen and oxygen atoms in total. The van der Waals surface area contributed by atoms with Gasteiger partial charge in [0.05, 0.1) is 5.92 Å². The Bertz CT molecular complexity index is 312. The average molecular weight is 270 g/mol. The Balaban J connectivity index is 2.32. The summed E-state index contributed by atoms with van der Waals surface area (Å²) in [7, 11) is 1.81. The summed E-state index contributed by atoms with van der Waals surface area (Å²) in [4.78, 5) is 24.5. The Kier molecular flexibility index (Phi) is 6.12. The van der Waals surface area contributed by atoms with E-state index in [1.165, 1.54) is 0 Å². The molecule has 1 fully saturated rings. The second kappa shape index (κ2) is 7.36. The zero-order valence-electron chi connectivity index (χ0n) is 12.2. The predicted octanol–water partition coefficient (Wildman–Crippen LogP) is 2.32. The third-order valence-electron chi connectivity index (χ3n) is 4.03. The maximum Gasteiger partial charge on any atom is 0.317 e. The number of urea groups is 1. The minimum absolute atomic E-state index is 0.0425. The second-order valence-electron chi connectivity index (χ2n) is 5.73. The number of nitrogens with one attached hydrogen (secondary N) is 1. The normalized spacial score (nSPS) is 24.6. The lowest BCUT2D eigenvalue weighted by Gasteiger charge is -2.29. The largest absolute Gasteiger partial charge is 0.481 e. The molecule has 5 heteroatoms. The maximum atomic E-state index is 12.0. The van der Waals surface area contributed by atoms with Crippen LogP contribution in [0.5, 0.6) is 0 Å². The number of carbonyl (C=O) groups is 2. The van der Waals surface area contributed by atoms with E-state index >= 15 is 0 Å². The van der Waals surface area contributed by atoms with E-state index < -0.39 is 5.97 Å². The van der Waals surface area contributed by atoms with Gasteiger partial charge < -0.3 is 15.3 Å². The Morgan fingerprint density at radius 2 is 1.89 bits per heavy atom. The molecule has 1 aliphatic carbocycles. The average Bonchev–Trinajstić information content (AvgIpc) is 2.38. The van der Waals surface area contributed by atoms with Crippen LogP contribution in [0.15, 0.2) is 0 Å². The van der Waals surface area contributed by atoms with Crippen molar-refractivity contribution in [3.63, 3.8) is 0 Å². The van der Waals surface area contributed by atoms with Gasteiger partial charge in [-0.3, -0.25) is 4.79 Å². The third-order valence-corrected chi connectivity index (χ3v) is 4.03. The fraction of sp³-hybridized carbons (Fsp3) is 0.857. The van der Waals surface area contributed by atoms with Gasteiger partial charge in [-0.25, -0.2) is 4.79 Å². The van der Waals surface area contributed by atoms with E-state index in [1.807, 2.05) is 7.05 Å². The van der Waals surface area contributed by atoms with E-state index in [2.05, 4.69) is 19.2 Å². The van der Waals surface area contributed by atoms with E-state index in [9.17, 15) is 9.59 Å². The molecule has 0 heterocycles.